The van der Waals surface area contributed by atoms with E-state index in [0.717, 1.165) is 5.69 Å². The lowest BCUT2D eigenvalue weighted by Crippen LogP contribution is -2.44. The molecule has 1 amide bonds. The summed E-state index contributed by atoms with van der Waals surface area (Å²) in [6, 6.07) is 1.76. The largest absolute Gasteiger partial charge is 0.444 e. The van der Waals surface area contributed by atoms with Crippen molar-refractivity contribution in [3.8, 4) is 0 Å². The first-order valence-electron chi connectivity index (χ1n) is 5.48. The maximum atomic E-state index is 11.7. The average molecular weight is 237 g/mol. The molecule has 0 radical (unpaired) electrons. The molecule has 0 aliphatic rings. The fourth-order valence-electron chi connectivity index (χ4n) is 1.28. The summed E-state index contributed by atoms with van der Waals surface area (Å²) in [5, 5.41) is 2.78. The zero-order chi connectivity index (χ0) is 13.1. The molecule has 0 saturated carbocycles. The third kappa shape index (κ3) is 4.38. The molecule has 0 unspecified atom stereocenters. The standard InChI is InChI=1S/C12H19N3O2/c1-11(2,3)17-10(16)15-12(4,5)9-6-7-13-8-14-9/h6-8H,1-5H3,(H,15,16). The van der Waals surface area contributed by atoms with Gasteiger partial charge < -0.3 is 10.1 Å². The van der Waals surface area contributed by atoms with Gasteiger partial charge in [0.25, 0.3) is 0 Å². The summed E-state index contributed by atoms with van der Waals surface area (Å²) in [5.41, 5.74) is -0.365. The highest BCUT2D eigenvalue weighted by molar-refractivity contribution is 5.68. The van der Waals surface area contributed by atoms with E-state index in [-0.39, 0.29) is 0 Å². The van der Waals surface area contributed by atoms with Crippen molar-refractivity contribution >= 4 is 6.09 Å². The van der Waals surface area contributed by atoms with E-state index in [0.29, 0.717) is 0 Å². The minimum absolute atomic E-state index is 0.457. The Bertz CT molecular complexity index is 382. The van der Waals surface area contributed by atoms with E-state index in [1.807, 2.05) is 34.6 Å². The van der Waals surface area contributed by atoms with Crippen LogP contribution in [0.2, 0.25) is 0 Å². The fourth-order valence-corrected chi connectivity index (χ4v) is 1.28. The molecule has 1 heterocycles. The van der Waals surface area contributed by atoms with E-state index in [2.05, 4.69) is 15.3 Å². The number of aromatic nitrogens is 2. The highest BCUT2D eigenvalue weighted by atomic mass is 16.6. The number of amides is 1. The summed E-state index contributed by atoms with van der Waals surface area (Å²) in [5.74, 6) is 0. The summed E-state index contributed by atoms with van der Waals surface area (Å²) in [4.78, 5) is 19.6. The van der Waals surface area contributed by atoms with Crippen molar-refractivity contribution in [2.24, 2.45) is 0 Å². The Hall–Kier alpha value is -1.65. The SMILES string of the molecule is CC(C)(C)OC(=O)NC(C)(C)c1ccncn1. The van der Waals surface area contributed by atoms with Gasteiger partial charge in [0.1, 0.15) is 11.9 Å². The number of hydrogen-bond donors (Lipinski definition) is 1. The topological polar surface area (TPSA) is 64.1 Å². The predicted octanol–water partition coefficient (Wildman–Crippen LogP) is 2.24. The summed E-state index contributed by atoms with van der Waals surface area (Å²) < 4.78 is 5.20. The Kier molecular flexibility index (Phi) is 3.70. The molecular formula is C12H19N3O2. The van der Waals surface area contributed by atoms with Crippen LogP contribution in [-0.4, -0.2) is 21.7 Å². The quantitative estimate of drug-likeness (QED) is 0.856. The molecule has 0 fully saturated rings. The second-order valence-electron chi connectivity index (χ2n) is 5.35. The number of hydrogen-bond acceptors (Lipinski definition) is 4. The first-order valence-corrected chi connectivity index (χ1v) is 5.48. The average Bonchev–Trinajstić information content (AvgIpc) is 2.15. The third-order valence-electron chi connectivity index (χ3n) is 2.04. The van der Waals surface area contributed by atoms with Gasteiger partial charge in [-0.3, -0.25) is 0 Å². The van der Waals surface area contributed by atoms with Crippen molar-refractivity contribution in [1.29, 1.82) is 0 Å². The van der Waals surface area contributed by atoms with Crippen LogP contribution >= 0.6 is 0 Å². The summed E-state index contributed by atoms with van der Waals surface area (Å²) in [6.45, 7) is 9.19. The monoisotopic (exact) mass is 237 g/mol. The van der Waals surface area contributed by atoms with Crippen LogP contribution in [0.3, 0.4) is 0 Å². The first-order chi connectivity index (χ1) is 7.71. The van der Waals surface area contributed by atoms with Gasteiger partial charge in [0.15, 0.2) is 0 Å². The number of ether oxygens (including phenoxy) is 1. The number of nitrogens with one attached hydrogen (secondary N) is 1. The van der Waals surface area contributed by atoms with Gasteiger partial charge in [-0.15, -0.1) is 0 Å². The van der Waals surface area contributed by atoms with E-state index >= 15 is 0 Å². The van der Waals surface area contributed by atoms with Crippen LogP contribution in [0.1, 0.15) is 40.3 Å². The molecule has 1 aromatic heterocycles. The van der Waals surface area contributed by atoms with Crippen molar-refractivity contribution < 1.29 is 9.53 Å². The predicted molar refractivity (Wildman–Crippen MR) is 64.4 cm³/mol. The zero-order valence-corrected chi connectivity index (χ0v) is 10.9. The van der Waals surface area contributed by atoms with Crippen molar-refractivity contribution in [3.63, 3.8) is 0 Å². The summed E-state index contributed by atoms with van der Waals surface area (Å²) >= 11 is 0. The third-order valence-corrected chi connectivity index (χ3v) is 2.04. The zero-order valence-electron chi connectivity index (χ0n) is 10.9. The lowest BCUT2D eigenvalue weighted by atomic mass is 10.0. The molecule has 5 heteroatoms. The molecule has 0 aromatic carbocycles. The second-order valence-corrected chi connectivity index (χ2v) is 5.35. The lowest BCUT2D eigenvalue weighted by molar-refractivity contribution is 0.0468. The maximum absolute atomic E-state index is 11.7. The van der Waals surface area contributed by atoms with Crippen molar-refractivity contribution in [3.05, 3.63) is 24.3 Å². The minimum atomic E-state index is -0.592. The van der Waals surface area contributed by atoms with Crippen molar-refractivity contribution in [2.45, 2.75) is 45.8 Å². The van der Waals surface area contributed by atoms with Gasteiger partial charge in [0.05, 0.1) is 11.2 Å². The molecule has 0 saturated heterocycles. The number of alkyl carbamates (subject to hydrolysis) is 1. The number of rotatable bonds is 2. The molecule has 1 aromatic rings. The van der Waals surface area contributed by atoms with E-state index in [9.17, 15) is 4.79 Å². The molecule has 0 aliphatic heterocycles. The molecule has 5 nitrogen and oxygen atoms in total. The lowest BCUT2D eigenvalue weighted by Gasteiger charge is -2.28. The van der Waals surface area contributed by atoms with Gasteiger partial charge in [-0.05, 0) is 40.7 Å². The Balaban J connectivity index is 2.71. The molecule has 17 heavy (non-hydrogen) atoms. The maximum Gasteiger partial charge on any atom is 0.408 e. The molecule has 0 atom stereocenters. The molecule has 94 valence electrons. The van der Waals surface area contributed by atoms with Gasteiger partial charge in [0, 0.05) is 6.20 Å². The van der Waals surface area contributed by atoms with Crippen LogP contribution in [0, 0.1) is 0 Å². The fraction of sp³-hybridized carbons (Fsp3) is 0.583. The normalized spacial score (nSPS) is 12.1. The van der Waals surface area contributed by atoms with Crippen LogP contribution in [0.5, 0.6) is 0 Å². The van der Waals surface area contributed by atoms with Gasteiger partial charge in [-0.25, -0.2) is 14.8 Å². The molecular weight excluding hydrogens is 218 g/mol. The molecule has 1 rings (SSSR count). The van der Waals surface area contributed by atoms with E-state index in [1.165, 1.54) is 6.33 Å². The molecule has 0 aliphatic carbocycles. The summed E-state index contributed by atoms with van der Waals surface area (Å²) in [7, 11) is 0. The van der Waals surface area contributed by atoms with Crippen LogP contribution in [-0.2, 0) is 10.3 Å². The van der Waals surface area contributed by atoms with Crippen LogP contribution < -0.4 is 5.32 Å². The van der Waals surface area contributed by atoms with Gasteiger partial charge in [0.2, 0.25) is 0 Å². The Labute approximate surface area is 102 Å². The number of nitrogens with zero attached hydrogens (tertiary/aromatic N) is 2. The Morgan fingerprint density at radius 2 is 1.94 bits per heavy atom. The number of carbonyl (C=O) groups is 1. The highest BCUT2D eigenvalue weighted by Crippen LogP contribution is 2.17. The van der Waals surface area contributed by atoms with E-state index in [4.69, 9.17) is 4.74 Å². The molecule has 0 bridgehead atoms. The minimum Gasteiger partial charge on any atom is -0.444 e. The van der Waals surface area contributed by atoms with Crippen molar-refractivity contribution in [2.75, 3.05) is 0 Å². The molecule has 1 N–H and O–H groups in total. The first kappa shape index (κ1) is 13.4. The van der Waals surface area contributed by atoms with E-state index < -0.39 is 17.2 Å². The smallest absolute Gasteiger partial charge is 0.408 e. The van der Waals surface area contributed by atoms with Crippen LogP contribution in [0.15, 0.2) is 18.6 Å². The van der Waals surface area contributed by atoms with E-state index in [1.54, 1.807) is 12.3 Å². The Morgan fingerprint density at radius 3 is 2.41 bits per heavy atom. The van der Waals surface area contributed by atoms with Gasteiger partial charge in [-0.1, -0.05) is 0 Å². The van der Waals surface area contributed by atoms with Gasteiger partial charge >= 0.3 is 6.09 Å². The second kappa shape index (κ2) is 4.69. The van der Waals surface area contributed by atoms with Crippen molar-refractivity contribution in [1.82, 2.24) is 15.3 Å². The Morgan fingerprint density at radius 1 is 1.29 bits per heavy atom. The molecule has 0 spiro atoms. The number of carbonyl (C=O) groups excluding carboxylic acids is 1. The summed E-state index contributed by atoms with van der Waals surface area (Å²) in [6.07, 6.45) is 2.63. The van der Waals surface area contributed by atoms with Gasteiger partial charge in [-0.2, -0.15) is 0 Å². The highest BCUT2D eigenvalue weighted by Gasteiger charge is 2.27. The van der Waals surface area contributed by atoms with Crippen LogP contribution in [0.4, 0.5) is 4.79 Å². The van der Waals surface area contributed by atoms with Crippen LogP contribution in [0.25, 0.3) is 0 Å².